The second kappa shape index (κ2) is 5.30. The van der Waals surface area contributed by atoms with E-state index in [1.54, 1.807) is 6.92 Å². The largest absolute Gasteiger partial charge is 0.352 e. The summed E-state index contributed by atoms with van der Waals surface area (Å²) in [6.45, 7) is 8.76. The summed E-state index contributed by atoms with van der Waals surface area (Å²) in [6.07, 6.45) is 0.916. The van der Waals surface area contributed by atoms with Crippen LogP contribution in [0.5, 0.6) is 0 Å². The summed E-state index contributed by atoms with van der Waals surface area (Å²) in [6, 6.07) is 4.21. The molecule has 0 atom stereocenters. The van der Waals surface area contributed by atoms with E-state index in [0.717, 1.165) is 6.42 Å². The molecule has 94 valence electrons. The highest BCUT2D eigenvalue weighted by Gasteiger charge is 2.12. The topological polar surface area (TPSA) is 29.1 Å². The summed E-state index contributed by atoms with van der Waals surface area (Å²) in [5, 5.41) is 2.85. The van der Waals surface area contributed by atoms with Crippen molar-refractivity contribution in [1.29, 1.82) is 0 Å². The van der Waals surface area contributed by atoms with Crippen molar-refractivity contribution < 1.29 is 9.18 Å². The standard InChI is InChI=1S/C14H20FNO/c1-10-9-11(15)5-6-12(10)13(17)16-8-7-14(2,3)4/h5-6,9H,7-8H2,1-4H3,(H,16,17). The molecule has 0 unspecified atom stereocenters. The molecule has 0 fully saturated rings. The molecule has 0 spiro atoms. The Morgan fingerprint density at radius 1 is 1.35 bits per heavy atom. The molecule has 0 saturated carbocycles. The molecular weight excluding hydrogens is 217 g/mol. The van der Waals surface area contributed by atoms with Gasteiger partial charge >= 0.3 is 0 Å². The van der Waals surface area contributed by atoms with Crippen molar-refractivity contribution >= 4 is 5.91 Å². The van der Waals surface area contributed by atoms with Gasteiger partial charge in [0, 0.05) is 12.1 Å². The first-order chi connectivity index (χ1) is 7.79. The van der Waals surface area contributed by atoms with Crippen LogP contribution in [0.25, 0.3) is 0 Å². The third-order valence-corrected chi connectivity index (χ3v) is 2.59. The number of aryl methyl sites for hydroxylation is 1. The van der Waals surface area contributed by atoms with Crippen molar-refractivity contribution in [3.63, 3.8) is 0 Å². The number of benzene rings is 1. The fourth-order valence-electron chi connectivity index (χ4n) is 1.53. The van der Waals surface area contributed by atoms with Crippen LogP contribution >= 0.6 is 0 Å². The SMILES string of the molecule is Cc1cc(F)ccc1C(=O)NCCC(C)(C)C. The molecule has 0 aliphatic rings. The Morgan fingerprint density at radius 2 is 2.00 bits per heavy atom. The van der Waals surface area contributed by atoms with Crippen LogP contribution in [0.2, 0.25) is 0 Å². The Kier molecular flexibility index (Phi) is 4.27. The van der Waals surface area contributed by atoms with Crippen LogP contribution in [-0.4, -0.2) is 12.5 Å². The van der Waals surface area contributed by atoms with Crippen molar-refractivity contribution in [3.8, 4) is 0 Å². The van der Waals surface area contributed by atoms with Gasteiger partial charge in [0.2, 0.25) is 0 Å². The number of carbonyl (C=O) groups is 1. The van der Waals surface area contributed by atoms with Crippen LogP contribution in [0, 0.1) is 18.2 Å². The fourth-order valence-corrected chi connectivity index (χ4v) is 1.53. The first kappa shape index (κ1) is 13.7. The molecule has 17 heavy (non-hydrogen) atoms. The molecule has 0 aromatic heterocycles. The quantitative estimate of drug-likeness (QED) is 0.858. The monoisotopic (exact) mass is 237 g/mol. The van der Waals surface area contributed by atoms with E-state index in [9.17, 15) is 9.18 Å². The number of amides is 1. The Labute approximate surface area is 102 Å². The van der Waals surface area contributed by atoms with Gasteiger partial charge in [-0.05, 0) is 42.5 Å². The van der Waals surface area contributed by atoms with Gasteiger partial charge < -0.3 is 5.32 Å². The van der Waals surface area contributed by atoms with Crippen molar-refractivity contribution in [1.82, 2.24) is 5.32 Å². The zero-order chi connectivity index (χ0) is 13.1. The molecule has 1 rings (SSSR count). The zero-order valence-corrected chi connectivity index (χ0v) is 10.9. The van der Waals surface area contributed by atoms with Crippen molar-refractivity contribution in [3.05, 3.63) is 35.1 Å². The van der Waals surface area contributed by atoms with E-state index in [1.807, 2.05) is 0 Å². The molecule has 0 heterocycles. The lowest BCUT2D eigenvalue weighted by molar-refractivity contribution is 0.0949. The highest BCUT2D eigenvalue weighted by molar-refractivity contribution is 5.95. The van der Waals surface area contributed by atoms with Crippen LogP contribution in [0.1, 0.15) is 43.1 Å². The first-order valence-corrected chi connectivity index (χ1v) is 5.84. The average Bonchev–Trinajstić information content (AvgIpc) is 2.15. The predicted octanol–water partition coefficient (Wildman–Crippen LogP) is 3.30. The van der Waals surface area contributed by atoms with Crippen molar-refractivity contribution in [2.45, 2.75) is 34.1 Å². The minimum atomic E-state index is -0.311. The Morgan fingerprint density at radius 3 is 2.53 bits per heavy atom. The van der Waals surface area contributed by atoms with Crippen molar-refractivity contribution in [2.75, 3.05) is 6.54 Å². The molecule has 0 aliphatic carbocycles. The van der Waals surface area contributed by atoms with Crippen molar-refractivity contribution in [2.24, 2.45) is 5.41 Å². The number of rotatable bonds is 3. The van der Waals surface area contributed by atoms with Gasteiger partial charge in [-0.3, -0.25) is 4.79 Å². The second-order valence-corrected chi connectivity index (χ2v) is 5.53. The third kappa shape index (κ3) is 4.55. The summed E-state index contributed by atoms with van der Waals surface area (Å²) in [7, 11) is 0. The maximum atomic E-state index is 12.9. The zero-order valence-electron chi connectivity index (χ0n) is 10.9. The smallest absolute Gasteiger partial charge is 0.251 e. The molecule has 3 heteroatoms. The number of hydrogen-bond acceptors (Lipinski definition) is 1. The summed E-state index contributed by atoms with van der Waals surface area (Å²) in [5.74, 6) is -0.444. The maximum absolute atomic E-state index is 12.9. The van der Waals surface area contributed by atoms with Gasteiger partial charge in [0.15, 0.2) is 0 Å². The van der Waals surface area contributed by atoms with Gasteiger partial charge in [-0.1, -0.05) is 20.8 Å². The van der Waals surface area contributed by atoms with Gasteiger partial charge in [-0.2, -0.15) is 0 Å². The predicted molar refractivity (Wildman–Crippen MR) is 67.5 cm³/mol. The lowest BCUT2D eigenvalue weighted by Gasteiger charge is -2.18. The maximum Gasteiger partial charge on any atom is 0.251 e. The normalized spacial score (nSPS) is 11.4. The summed E-state index contributed by atoms with van der Waals surface area (Å²) >= 11 is 0. The first-order valence-electron chi connectivity index (χ1n) is 5.84. The second-order valence-electron chi connectivity index (χ2n) is 5.53. The molecule has 1 aromatic rings. The molecular formula is C14H20FNO. The van der Waals surface area contributed by atoms with E-state index in [2.05, 4.69) is 26.1 Å². The molecule has 0 saturated heterocycles. The van der Waals surface area contributed by atoms with E-state index < -0.39 is 0 Å². The highest BCUT2D eigenvalue weighted by Crippen LogP contribution is 2.17. The van der Waals surface area contributed by atoms with Gasteiger partial charge in [-0.25, -0.2) is 4.39 Å². The molecule has 0 bridgehead atoms. The minimum absolute atomic E-state index is 0.133. The number of halogens is 1. The Bertz CT molecular complexity index is 407. The van der Waals surface area contributed by atoms with Gasteiger partial charge in [0.1, 0.15) is 5.82 Å². The fraction of sp³-hybridized carbons (Fsp3) is 0.500. The third-order valence-electron chi connectivity index (χ3n) is 2.59. The van der Waals surface area contributed by atoms with E-state index in [1.165, 1.54) is 18.2 Å². The molecule has 1 aromatic carbocycles. The molecule has 1 amide bonds. The van der Waals surface area contributed by atoms with Gasteiger partial charge in [0.25, 0.3) is 5.91 Å². The van der Waals surface area contributed by atoms with E-state index in [4.69, 9.17) is 0 Å². The van der Waals surface area contributed by atoms with Crippen LogP contribution in [0.15, 0.2) is 18.2 Å². The summed E-state index contributed by atoms with van der Waals surface area (Å²) in [5.41, 5.74) is 1.41. The number of hydrogen-bond donors (Lipinski definition) is 1. The lowest BCUT2D eigenvalue weighted by atomic mass is 9.92. The van der Waals surface area contributed by atoms with E-state index in [0.29, 0.717) is 17.7 Å². The average molecular weight is 237 g/mol. The summed E-state index contributed by atoms with van der Waals surface area (Å²) in [4.78, 5) is 11.8. The number of carbonyl (C=O) groups excluding carboxylic acids is 1. The molecule has 0 radical (unpaired) electrons. The van der Waals surface area contributed by atoms with Crippen LogP contribution in [0.4, 0.5) is 4.39 Å². The Hall–Kier alpha value is -1.38. The van der Waals surface area contributed by atoms with Gasteiger partial charge in [0.05, 0.1) is 0 Å². The number of nitrogens with one attached hydrogen (secondary N) is 1. The highest BCUT2D eigenvalue weighted by atomic mass is 19.1. The molecule has 0 aliphatic heterocycles. The van der Waals surface area contributed by atoms with E-state index >= 15 is 0 Å². The minimum Gasteiger partial charge on any atom is -0.352 e. The summed E-state index contributed by atoms with van der Waals surface area (Å²) < 4.78 is 12.9. The van der Waals surface area contributed by atoms with Crippen LogP contribution in [0.3, 0.4) is 0 Å². The Balaban J connectivity index is 2.59. The molecule has 2 nitrogen and oxygen atoms in total. The molecule has 1 N–H and O–H groups in total. The van der Waals surface area contributed by atoms with Gasteiger partial charge in [-0.15, -0.1) is 0 Å². The van der Waals surface area contributed by atoms with Crippen LogP contribution < -0.4 is 5.32 Å². The lowest BCUT2D eigenvalue weighted by Crippen LogP contribution is -2.27. The van der Waals surface area contributed by atoms with E-state index in [-0.39, 0.29) is 17.1 Å². The van der Waals surface area contributed by atoms with Crippen LogP contribution in [-0.2, 0) is 0 Å².